The van der Waals surface area contributed by atoms with Crippen molar-refractivity contribution in [1.29, 1.82) is 0 Å². The van der Waals surface area contributed by atoms with E-state index in [9.17, 15) is 22.0 Å². The van der Waals surface area contributed by atoms with Crippen LogP contribution in [0.15, 0.2) is 71.6 Å². The summed E-state index contributed by atoms with van der Waals surface area (Å²) in [6.45, 7) is 3.21. The average molecular weight is 445 g/mol. The number of carbonyl (C=O) groups is 1. The molecule has 3 aromatic carbocycles. The van der Waals surface area contributed by atoms with Gasteiger partial charge in [-0.15, -0.1) is 0 Å². The van der Waals surface area contributed by atoms with E-state index >= 15 is 0 Å². The molecule has 0 bridgehead atoms. The van der Waals surface area contributed by atoms with Crippen LogP contribution in [0, 0.1) is 25.5 Å². The number of benzene rings is 3. The molecule has 0 atom stereocenters. The van der Waals surface area contributed by atoms with Crippen molar-refractivity contribution >= 4 is 21.6 Å². The minimum atomic E-state index is -3.99. The van der Waals surface area contributed by atoms with Crippen LogP contribution < -0.4 is 5.32 Å². The van der Waals surface area contributed by atoms with Crippen molar-refractivity contribution in [2.75, 3.05) is 11.9 Å². The summed E-state index contributed by atoms with van der Waals surface area (Å²) in [4.78, 5) is 12.6. The van der Waals surface area contributed by atoms with Gasteiger partial charge < -0.3 is 5.32 Å². The van der Waals surface area contributed by atoms with E-state index < -0.39 is 34.1 Å². The van der Waals surface area contributed by atoms with E-state index in [2.05, 4.69) is 5.32 Å². The number of amides is 1. The third-order valence-electron chi connectivity index (χ3n) is 4.62. The van der Waals surface area contributed by atoms with Gasteiger partial charge in [0.2, 0.25) is 15.9 Å². The van der Waals surface area contributed by atoms with Gasteiger partial charge in [-0.25, -0.2) is 17.2 Å². The summed E-state index contributed by atoms with van der Waals surface area (Å²) in [6.07, 6.45) is 0. The molecule has 0 aliphatic heterocycles. The zero-order chi connectivity index (χ0) is 22.6. The Hall–Kier alpha value is -3.10. The number of nitrogens with one attached hydrogen (secondary N) is 1. The smallest absolute Gasteiger partial charge is 0.243 e. The van der Waals surface area contributed by atoms with Crippen LogP contribution in [0.25, 0.3) is 0 Å². The lowest BCUT2D eigenvalue weighted by atomic mass is 10.1. The van der Waals surface area contributed by atoms with E-state index in [0.29, 0.717) is 0 Å². The highest BCUT2D eigenvalue weighted by Gasteiger charge is 2.27. The summed E-state index contributed by atoms with van der Waals surface area (Å²) in [5, 5.41) is 2.42. The first-order valence-corrected chi connectivity index (χ1v) is 11.0. The van der Waals surface area contributed by atoms with Gasteiger partial charge in [0.05, 0.1) is 11.4 Å². The molecule has 0 fully saturated rings. The van der Waals surface area contributed by atoms with Crippen LogP contribution in [0.3, 0.4) is 0 Å². The van der Waals surface area contributed by atoms with Crippen LogP contribution in [0.1, 0.15) is 16.7 Å². The third-order valence-corrected chi connectivity index (χ3v) is 6.43. The van der Waals surface area contributed by atoms with Gasteiger partial charge in [-0.05, 0) is 43.7 Å². The number of carbonyl (C=O) groups excluding carboxylic acids is 1. The van der Waals surface area contributed by atoms with Crippen molar-refractivity contribution in [3.8, 4) is 0 Å². The predicted molar refractivity (Wildman–Crippen MR) is 115 cm³/mol. The second-order valence-corrected chi connectivity index (χ2v) is 9.19. The highest BCUT2D eigenvalue weighted by Crippen LogP contribution is 2.20. The van der Waals surface area contributed by atoms with Crippen molar-refractivity contribution in [1.82, 2.24) is 4.31 Å². The molecule has 0 unspecified atom stereocenters. The normalized spacial score (nSPS) is 11.5. The fourth-order valence-electron chi connectivity index (χ4n) is 3.03. The summed E-state index contributed by atoms with van der Waals surface area (Å²) < 4.78 is 54.1. The first kappa shape index (κ1) is 22.6. The first-order valence-electron chi connectivity index (χ1n) is 9.52. The van der Waals surface area contributed by atoms with E-state index in [4.69, 9.17) is 0 Å². The zero-order valence-electron chi connectivity index (χ0n) is 17.1. The molecule has 0 saturated carbocycles. The lowest BCUT2D eigenvalue weighted by Crippen LogP contribution is -2.37. The molecule has 0 spiro atoms. The summed E-state index contributed by atoms with van der Waals surface area (Å²) in [7, 11) is -3.99. The number of anilines is 1. The summed E-state index contributed by atoms with van der Waals surface area (Å²) in [5.41, 5.74) is 2.61. The molecule has 0 aromatic heterocycles. The minimum absolute atomic E-state index is 0.0247. The maximum absolute atomic E-state index is 13.4. The van der Waals surface area contributed by atoms with Crippen LogP contribution in [-0.4, -0.2) is 25.2 Å². The van der Waals surface area contributed by atoms with E-state index in [-0.39, 0.29) is 17.1 Å². The van der Waals surface area contributed by atoms with Crippen LogP contribution >= 0.6 is 0 Å². The monoisotopic (exact) mass is 444 g/mol. The van der Waals surface area contributed by atoms with Gasteiger partial charge in [-0.2, -0.15) is 4.31 Å². The largest absolute Gasteiger partial charge is 0.325 e. The molecule has 0 heterocycles. The Morgan fingerprint density at radius 3 is 2.26 bits per heavy atom. The fourth-order valence-corrected chi connectivity index (χ4v) is 4.42. The molecule has 8 heteroatoms. The van der Waals surface area contributed by atoms with E-state index in [1.54, 1.807) is 18.2 Å². The molecule has 0 saturated heterocycles. The maximum atomic E-state index is 13.4. The Morgan fingerprint density at radius 1 is 0.903 bits per heavy atom. The highest BCUT2D eigenvalue weighted by molar-refractivity contribution is 7.89. The van der Waals surface area contributed by atoms with Gasteiger partial charge in [0.1, 0.15) is 0 Å². The summed E-state index contributed by atoms with van der Waals surface area (Å²) in [6, 6.07) is 16.6. The van der Waals surface area contributed by atoms with Gasteiger partial charge in [-0.1, -0.05) is 47.5 Å². The second-order valence-electron chi connectivity index (χ2n) is 7.25. The van der Waals surface area contributed by atoms with E-state index in [0.717, 1.165) is 33.1 Å². The molecular formula is C23H22F2N2O3S. The van der Waals surface area contributed by atoms with Crippen LogP contribution in [0.2, 0.25) is 0 Å². The number of sulfonamides is 1. The Labute approximate surface area is 180 Å². The number of halogens is 2. The molecular weight excluding hydrogens is 422 g/mol. The standard InChI is InChI=1S/C23H22F2N2O3S/c1-16-6-9-20(10-7-16)31(29,30)27(14-18-5-3-4-17(2)12-18)15-23(28)26-19-8-11-21(24)22(25)13-19/h3-13H,14-15H2,1-2H3,(H,26,28). The average Bonchev–Trinajstić information content (AvgIpc) is 2.70. The Bertz CT molecular complexity index is 1200. The van der Waals surface area contributed by atoms with Gasteiger partial charge in [0.25, 0.3) is 0 Å². The lowest BCUT2D eigenvalue weighted by Gasteiger charge is -2.22. The van der Waals surface area contributed by atoms with E-state index in [1.165, 1.54) is 18.2 Å². The van der Waals surface area contributed by atoms with Gasteiger partial charge >= 0.3 is 0 Å². The lowest BCUT2D eigenvalue weighted by molar-refractivity contribution is -0.116. The molecule has 31 heavy (non-hydrogen) atoms. The zero-order valence-corrected chi connectivity index (χ0v) is 17.9. The Balaban J connectivity index is 1.88. The van der Waals surface area contributed by atoms with Gasteiger partial charge in [0.15, 0.2) is 11.6 Å². The summed E-state index contributed by atoms with van der Waals surface area (Å²) in [5.74, 6) is -2.82. The van der Waals surface area contributed by atoms with Crippen LogP contribution in [0.4, 0.5) is 14.5 Å². The first-order chi connectivity index (χ1) is 14.6. The fraction of sp³-hybridized carbons (Fsp3) is 0.174. The molecule has 3 rings (SSSR count). The molecule has 5 nitrogen and oxygen atoms in total. The quantitative estimate of drug-likeness (QED) is 0.587. The Kier molecular flexibility index (Phi) is 6.82. The van der Waals surface area contributed by atoms with E-state index in [1.807, 2.05) is 32.0 Å². The van der Waals surface area contributed by atoms with Gasteiger partial charge in [0, 0.05) is 18.3 Å². The number of aryl methyl sites for hydroxylation is 2. The third kappa shape index (κ3) is 5.74. The van der Waals surface area contributed by atoms with Crippen molar-refractivity contribution in [3.05, 3.63) is 95.1 Å². The molecule has 3 aromatic rings. The Morgan fingerprint density at radius 2 is 1.61 bits per heavy atom. The SMILES string of the molecule is Cc1ccc(S(=O)(=O)N(CC(=O)Nc2ccc(F)c(F)c2)Cc2cccc(C)c2)cc1. The second kappa shape index (κ2) is 9.36. The predicted octanol–water partition coefficient (Wildman–Crippen LogP) is 4.41. The van der Waals surface area contributed by atoms with Crippen LogP contribution in [0.5, 0.6) is 0 Å². The van der Waals surface area contributed by atoms with Crippen molar-refractivity contribution in [3.63, 3.8) is 0 Å². The molecule has 0 aliphatic carbocycles. The maximum Gasteiger partial charge on any atom is 0.243 e. The molecule has 0 aliphatic rings. The minimum Gasteiger partial charge on any atom is -0.325 e. The van der Waals surface area contributed by atoms with Crippen molar-refractivity contribution in [2.45, 2.75) is 25.3 Å². The highest BCUT2D eigenvalue weighted by atomic mass is 32.2. The number of hydrogen-bond donors (Lipinski definition) is 1. The van der Waals surface area contributed by atoms with Crippen LogP contribution in [-0.2, 0) is 21.4 Å². The van der Waals surface area contributed by atoms with Gasteiger partial charge in [-0.3, -0.25) is 4.79 Å². The molecule has 0 radical (unpaired) electrons. The van der Waals surface area contributed by atoms with Crippen molar-refractivity contribution < 1.29 is 22.0 Å². The summed E-state index contributed by atoms with van der Waals surface area (Å²) >= 11 is 0. The number of rotatable bonds is 7. The molecule has 162 valence electrons. The molecule has 1 amide bonds. The number of nitrogens with zero attached hydrogens (tertiary/aromatic N) is 1. The number of hydrogen-bond acceptors (Lipinski definition) is 3. The van der Waals surface area contributed by atoms with Crippen molar-refractivity contribution in [2.24, 2.45) is 0 Å². The molecule has 1 N–H and O–H groups in total. The topological polar surface area (TPSA) is 66.5 Å².